The number of nitrogens with one attached hydrogen (secondary N) is 1. The van der Waals surface area contributed by atoms with Gasteiger partial charge in [-0.25, -0.2) is 0 Å². The van der Waals surface area contributed by atoms with E-state index >= 15 is 0 Å². The van der Waals surface area contributed by atoms with Gasteiger partial charge in [0.15, 0.2) is 0 Å². The van der Waals surface area contributed by atoms with Gasteiger partial charge in [-0.15, -0.1) is 0 Å². The smallest absolute Gasteiger partial charge is 0.0244 e. The Morgan fingerprint density at radius 2 is 2.06 bits per heavy atom. The van der Waals surface area contributed by atoms with E-state index in [2.05, 4.69) is 58.3 Å². The number of hydrogen-bond acceptors (Lipinski definition) is 2. The number of nitrogens with zero attached hydrogens (tertiary/aromatic N) is 1. The average molecular weight is 311 g/mol. The van der Waals surface area contributed by atoms with Crippen LogP contribution in [-0.4, -0.2) is 31.6 Å². The van der Waals surface area contributed by atoms with E-state index in [1.807, 2.05) is 0 Å². The maximum atomic E-state index is 3.67. The first kappa shape index (κ1) is 14.0. The van der Waals surface area contributed by atoms with Gasteiger partial charge in [0.2, 0.25) is 0 Å². The highest BCUT2D eigenvalue weighted by atomic mass is 79.9. The van der Waals surface area contributed by atoms with Crippen molar-refractivity contribution in [1.29, 1.82) is 0 Å². The van der Waals surface area contributed by atoms with Gasteiger partial charge in [0.05, 0.1) is 0 Å². The van der Waals surface area contributed by atoms with E-state index in [9.17, 15) is 0 Å². The summed E-state index contributed by atoms with van der Waals surface area (Å²) in [4.78, 5) is 2.57. The van der Waals surface area contributed by atoms with Crippen LogP contribution in [0.4, 0.5) is 0 Å². The van der Waals surface area contributed by atoms with Gasteiger partial charge in [0.25, 0.3) is 0 Å². The predicted octanol–water partition coefficient (Wildman–Crippen LogP) is 3.19. The third-order valence-electron chi connectivity index (χ3n) is 3.80. The summed E-state index contributed by atoms with van der Waals surface area (Å²) in [5.74, 6) is 0.868. The first-order valence-electron chi connectivity index (χ1n) is 6.81. The van der Waals surface area contributed by atoms with Crippen LogP contribution in [0.5, 0.6) is 0 Å². The average Bonchev–Trinajstić information content (AvgIpc) is 2.35. The van der Waals surface area contributed by atoms with E-state index in [1.165, 1.54) is 48.1 Å². The number of piperidine rings is 1. The van der Waals surface area contributed by atoms with Crippen LogP contribution in [0.3, 0.4) is 0 Å². The van der Waals surface area contributed by atoms with E-state index in [1.54, 1.807) is 0 Å². The van der Waals surface area contributed by atoms with Crippen molar-refractivity contribution >= 4 is 15.9 Å². The fourth-order valence-corrected chi connectivity index (χ4v) is 3.28. The largest absolute Gasteiger partial charge is 0.319 e. The number of benzene rings is 1. The Balaban J connectivity index is 1.87. The van der Waals surface area contributed by atoms with Gasteiger partial charge < -0.3 is 5.32 Å². The van der Waals surface area contributed by atoms with E-state index in [4.69, 9.17) is 0 Å². The molecule has 100 valence electrons. The zero-order chi connectivity index (χ0) is 13.0. The molecule has 1 N–H and O–H groups in total. The van der Waals surface area contributed by atoms with Crippen LogP contribution >= 0.6 is 15.9 Å². The van der Waals surface area contributed by atoms with Crippen LogP contribution < -0.4 is 5.32 Å². The molecule has 0 spiro atoms. The van der Waals surface area contributed by atoms with Gasteiger partial charge in [-0.3, -0.25) is 4.90 Å². The van der Waals surface area contributed by atoms with Crippen LogP contribution in [0.15, 0.2) is 22.7 Å². The summed E-state index contributed by atoms with van der Waals surface area (Å²) in [6, 6.07) is 6.66. The summed E-state index contributed by atoms with van der Waals surface area (Å²) in [5.41, 5.74) is 2.73. The molecule has 0 aromatic heterocycles. The second kappa shape index (κ2) is 6.69. The lowest BCUT2D eigenvalue weighted by Gasteiger charge is -2.32. The van der Waals surface area contributed by atoms with Gasteiger partial charge in [-0.1, -0.05) is 28.1 Å². The lowest BCUT2D eigenvalue weighted by Crippen LogP contribution is -2.36. The fraction of sp³-hybridized carbons (Fsp3) is 0.600. The minimum Gasteiger partial charge on any atom is -0.319 e. The van der Waals surface area contributed by atoms with Gasteiger partial charge >= 0.3 is 0 Å². The molecule has 0 saturated carbocycles. The third-order valence-corrected chi connectivity index (χ3v) is 4.54. The van der Waals surface area contributed by atoms with Crippen molar-refractivity contribution in [3.8, 4) is 0 Å². The lowest BCUT2D eigenvalue weighted by molar-refractivity contribution is 0.176. The molecule has 0 atom stereocenters. The molecule has 2 nitrogen and oxygen atoms in total. The summed E-state index contributed by atoms with van der Waals surface area (Å²) < 4.78 is 1.25. The molecule has 3 heteroatoms. The molecule has 0 aliphatic carbocycles. The Hall–Kier alpha value is -0.380. The van der Waals surface area contributed by atoms with Crippen LogP contribution in [0.1, 0.15) is 24.0 Å². The fourth-order valence-electron chi connectivity index (χ4n) is 2.66. The number of halogens is 1. The monoisotopic (exact) mass is 310 g/mol. The summed E-state index contributed by atoms with van der Waals surface area (Å²) in [6.45, 7) is 6.84. The number of aryl methyl sites for hydroxylation is 1. The summed E-state index contributed by atoms with van der Waals surface area (Å²) in [7, 11) is 2.05. The van der Waals surface area contributed by atoms with Crippen molar-refractivity contribution in [1.82, 2.24) is 10.2 Å². The van der Waals surface area contributed by atoms with Gasteiger partial charge in [0.1, 0.15) is 0 Å². The van der Waals surface area contributed by atoms with E-state index in [-0.39, 0.29) is 0 Å². The van der Waals surface area contributed by atoms with Crippen LogP contribution in [0.2, 0.25) is 0 Å². The Bertz CT molecular complexity index is 384. The maximum absolute atomic E-state index is 3.67. The molecule has 0 bridgehead atoms. The summed E-state index contributed by atoms with van der Waals surface area (Å²) in [6.07, 6.45) is 2.65. The molecule has 1 aliphatic rings. The number of rotatable bonds is 4. The molecule has 1 saturated heterocycles. The van der Waals surface area contributed by atoms with Gasteiger partial charge in [-0.05, 0) is 69.6 Å². The first-order chi connectivity index (χ1) is 8.69. The Kier molecular flexibility index (Phi) is 5.22. The molecule has 0 amide bonds. The zero-order valence-corrected chi connectivity index (χ0v) is 13.0. The molecule has 18 heavy (non-hydrogen) atoms. The van der Waals surface area contributed by atoms with Crippen molar-refractivity contribution in [3.05, 3.63) is 33.8 Å². The minimum atomic E-state index is 0.868. The molecular weight excluding hydrogens is 288 g/mol. The minimum absolute atomic E-state index is 0.868. The van der Waals surface area contributed by atoms with Gasteiger partial charge in [0, 0.05) is 11.0 Å². The van der Waals surface area contributed by atoms with Crippen molar-refractivity contribution in [2.75, 3.05) is 26.7 Å². The number of likely N-dealkylation sites (tertiary alicyclic amines) is 1. The Morgan fingerprint density at radius 1 is 1.33 bits per heavy atom. The molecule has 0 radical (unpaired) electrons. The second-order valence-electron chi connectivity index (χ2n) is 5.37. The van der Waals surface area contributed by atoms with Crippen LogP contribution in [-0.2, 0) is 6.54 Å². The topological polar surface area (TPSA) is 15.3 Å². The quantitative estimate of drug-likeness (QED) is 0.919. The highest BCUT2D eigenvalue weighted by Gasteiger charge is 2.18. The third kappa shape index (κ3) is 3.81. The first-order valence-corrected chi connectivity index (χ1v) is 7.60. The summed E-state index contributed by atoms with van der Waals surface area (Å²) >= 11 is 3.67. The molecule has 1 heterocycles. The van der Waals surface area contributed by atoms with Crippen LogP contribution in [0, 0.1) is 12.8 Å². The molecule has 0 unspecified atom stereocenters. The molecule has 1 fully saturated rings. The molecule has 1 aromatic rings. The highest BCUT2D eigenvalue weighted by molar-refractivity contribution is 9.10. The second-order valence-corrected chi connectivity index (χ2v) is 6.23. The van der Waals surface area contributed by atoms with E-state index < -0.39 is 0 Å². The molecule has 1 aliphatic heterocycles. The lowest BCUT2D eigenvalue weighted by atomic mass is 9.96. The van der Waals surface area contributed by atoms with Crippen LogP contribution in [0.25, 0.3) is 0 Å². The van der Waals surface area contributed by atoms with Crippen molar-refractivity contribution < 1.29 is 0 Å². The normalized spacial score (nSPS) is 18.2. The molecule has 1 aromatic carbocycles. The van der Waals surface area contributed by atoms with Gasteiger partial charge in [-0.2, -0.15) is 0 Å². The predicted molar refractivity (Wildman–Crippen MR) is 80.8 cm³/mol. The zero-order valence-electron chi connectivity index (χ0n) is 11.4. The standard InChI is InChI=1S/C15H23BrN2/c1-12-3-4-14(15(16)9-12)11-18-7-5-13(6-8-18)10-17-2/h3-4,9,13,17H,5-8,10-11H2,1-2H3. The molecular formula is C15H23BrN2. The number of hydrogen-bond donors (Lipinski definition) is 1. The van der Waals surface area contributed by atoms with E-state index in [0.717, 1.165) is 12.5 Å². The SMILES string of the molecule is CNCC1CCN(Cc2ccc(C)cc2Br)CC1. The highest BCUT2D eigenvalue weighted by Crippen LogP contribution is 2.23. The van der Waals surface area contributed by atoms with Crippen molar-refractivity contribution in [2.24, 2.45) is 5.92 Å². The maximum Gasteiger partial charge on any atom is 0.0244 e. The molecule has 2 rings (SSSR count). The van der Waals surface area contributed by atoms with Crippen molar-refractivity contribution in [2.45, 2.75) is 26.3 Å². The van der Waals surface area contributed by atoms with E-state index in [0.29, 0.717) is 0 Å². The Morgan fingerprint density at radius 3 is 2.67 bits per heavy atom. The van der Waals surface area contributed by atoms with Crippen molar-refractivity contribution in [3.63, 3.8) is 0 Å². The summed E-state index contributed by atoms with van der Waals surface area (Å²) in [5, 5.41) is 3.29. The Labute approximate surface area is 119 Å².